The van der Waals surface area contributed by atoms with Gasteiger partial charge in [0.2, 0.25) is 0 Å². The molecule has 2 amide bonds. The maximum atomic E-state index is 12.8. The lowest BCUT2D eigenvalue weighted by Gasteiger charge is -2.12. The second kappa shape index (κ2) is 7.35. The molecule has 7 heteroatoms. The van der Waals surface area contributed by atoms with Crippen molar-refractivity contribution in [3.05, 3.63) is 46.6 Å². The van der Waals surface area contributed by atoms with Gasteiger partial charge in [-0.05, 0) is 37.8 Å². The fourth-order valence-electron chi connectivity index (χ4n) is 3.58. The Morgan fingerprint density at radius 3 is 2.54 bits per heavy atom. The van der Waals surface area contributed by atoms with Crippen molar-refractivity contribution in [2.45, 2.75) is 57.0 Å². The summed E-state index contributed by atoms with van der Waals surface area (Å²) in [5, 5.41) is 10.4. The number of carbonyl (C=O) groups excluding carboxylic acids is 1. The zero-order chi connectivity index (χ0) is 17.9. The fourth-order valence-corrected chi connectivity index (χ4v) is 3.58. The standard InChI is InChI=1S/C19H25N5O2/c25-18(21-15-6-4-5-7-15)20-12-13-23-19(26)24(16-8-2-1-3-9-16)17(22-23)14-10-11-14/h1-3,8-9,14-15H,4-7,10-13H2,(H2,20,21,25). The Bertz CT molecular complexity index is 816. The minimum Gasteiger partial charge on any atom is -0.336 e. The quantitative estimate of drug-likeness (QED) is 0.833. The summed E-state index contributed by atoms with van der Waals surface area (Å²) in [6.45, 7) is 0.755. The molecule has 1 aromatic heterocycles. The van der Waals surface area contributed by atoms with Gasteiger partial charge < -0.3 is 10.6 Å². The normalized spacial score (nSPS) is 17.4. The van der Waals surface area contributed by atoms with Crippen LogP contribution in [0.5, 0.6) is 0 Å². The molecule has 0 radical (unpaired) electrons. The lowest BCUT2D eigenvalue weighted by molar-refractivity contribution is 0.236. The van der Waals surface area contributed by atoms with Crippen LogP contribution in [0.25, 0.3) is 5.69 Å². The van der Waals surface area contributed by atoms with E-state index in [1.807, 2.05) is 30.3 Å². The molecule has 0 saturated heterocycles. The Balaban J connectivity index is 1.42. The molecule has 2 N–H and O–H groups in total. The molecule has 0 bridgehead atoms. The SMILES string of the molecule is O=C(NCCn1nc(C2CC2)n(-c2ccccc2)c1=O)NC1CCCC1. The minimum atomic E-state index is -0.158. The van der Waals surface area contributed by atoms with Crippen molar-refractivity contribution in [2.24, 2.45) is 0 Å². The highest BCUT2D eigenvalue weighted by molar-refractivity contribution is 5.74. The molecule has 0 unspecified atom stereocenters. The van der Waals surface area contributed by atoms with Crippen molar-refractivity contribution < 1.29 is 4.79 Å². The number of amides is 2. The maximum Gasteiger partial charge on any atom is 0.350 e. The van der Waals surface area contributed by atoms with E-state index in [2.05, 4.69) is 15.7 Å². The summed E-state index contributed by atoms with van der Waals surface area (Å²) in [4.78, 5) is 24.8. The monoisotopic (exact) mass is 355 g/mol. The number of urea groups is 1. The van der Waals surface area contributed by atoms with Gasteiger partial charge in [0, 0.05) is 18.5 Å². The van der Waals surface area contributed by atoms with Gasteiger partial charge in [-0.1, -0.05) is 31.0 Å². The van der Waals surface area contributed by atoms with Crippen LogP contribution in [-0.4, -0.2) is 33.0 Å². The zero-order valence-corrected chi connectivity index (χ0v) is 14.9. The topological polar surface area (TPSA) is 81.0 Å². The first kappa shape index (κ1) is 16.9. The van der Waals surface area contributed by atoms with Crippen LogP contribution < -0.4 is 16.3 Å². The molecular weight excluding hydrogens is 330 g/mol. The number of nitrogens with zero attached hydrogens (tertiary/aromatic N) is 3. The third-order valence-electron chi connectivity index (χ3n) is 5.12. The second-order valence-electron chi connectivity index (χ2n) is 7.19. The fraction of sp³-hybridized carbons (Fsp3) is 0.526. The van der Waals surface area contributed by atoms with Gasteiger partial charge >= 0.3 is 11.7 Å². The molecule has 2 fully saturated rings. The molecular formula is C19H25N5O2. The van der Waals surface area contributed by atoms with Crippen LogP contribution in [0.1, 0.15) is 50.3 Å². The molecule has 0 spiro atoms. The molecule has 2 aromatic rings. The summed E-state index contributed by atoms with van der Waals surface area (Å²) >= 11 is 0. The van der Waals surface area contributed by atoms with Gasteiger partial charge in [-0.25, -0.2) is 18.8 Å². The molecule has 1 heterocycles. The Kier molecular flexibility index (Phi) is 4.77. The average Bonchev–Trinajstić information content (AvgIpc) is 3.28. The number of nitrogens with one attached hydrogen (secondary N) is 2. The van der Waals surface area contributed by atoms with Crippen molar-refractivity contribution in [3.63, 3.8) is 0 Å². The van der Waals surface area contributed by atoms with E-state index >= 15 is 0 Å². The molecule has 2 saturated carbocycles. The number of hydrogen-bond acceptors (Lipinski definition) is 3. The molecule has 1 aromatic carbocycles. The second-order valence-corrected chi connectivity index (χ2v) is 7.19. The molecule has 7 nitrogen and oxygen atoms in total. The van der Waals surface area contributed by atoms with E-state index in [0.29, 0.717) is 19.0 Å². The van der Waals surface area contributed by atoms with E-state index in [1.54, 1.807) is 4.57 Å². The molecule has 4 rings (SSSR count). The maximum absolute atomic E-state index is 12.8. The summed E-state index contributed by atoms with van der Waals surface area (Å²) in [5.41, 5.74) is 0.702. The molecule has 2 aliphatic carbocycles. The number of benzene rings is 1. The number of para-hydroxylation sites is 1. The lowest BCUT2D eigenvalue weighted by Crippen LogP contribution is -2.42. The third-order valence-corrected chi connectivity index (χ3v) is 5.12. The van der Waals surface area contributed by atoms with Crippen molar-refractivity contribution in [1.82, 2.24) is 25.0 Å². The largest absolute Gasteiger partial charge is 0.350 e. The smallest absolute Gasteiger partial charge is 0.336 e. The van der Waals surface area contributed by atoms with E-state index in [-0.39, 0.29) is 17.8 Å². The molecule has 0 atom stereocenters. The van der Waals surface area contributed by atoms with Crippen LogP contribution in [-0.2, 0) is 6.54 Å². The van der Waals surface area contributed by atoms with Crippen LogP contribution in [0.2, 0.25) is 0 Å². The van der Waals surface area contributed by atoms with Crippen LogP contribution in [0.3, 0.4) is 0 Å². The molecule has 0 aliphatic heterocycles. The van der Waals surface area contributed by atoms with Gasteiger partial charge in [-0.2, -0.15) is 5.10 Å². The predicted molar refractivity (Wildman–Crippen MR) is 98.6 cm³/mol. The summed E-state index contributed by atoms with van der Waals surface area (Å²) in [6.07, 6.45) is 6.62. The average molecular weight is 355 g/mol. The Morgan fingerprint density at radius 2 is 1.85 bits per heavy atom. The highest BCUT2D eigenvalue weighted by atomic mass is 16.2. The first-order valence-corrected chi connectivity index (χ1v) is 9.52. The van der Waals surface area contributed by atoms with E-state index in [1.165, 1.54) is 17.5 Å². The van der Waals surface area contributed by atoms with Crippen molar-refractivity contribution in [2.75, 3.05) is 6.54 Å². The number of rotatable bonds is 6. The Hall–Kier alpha value is -2.57. The number of hydrogen-bond donors (Lipinski definition) is 2. The molecule has 138 valence electrons. The number of aromatic nitrogens is 3. The highest BCUT2D eigenvalue weighted by Gasteiger charge is 2.31. The van der Waals surface area contributed by atoms with Crippen molar-refractivity contribution in [3.8, 4) is 5.69 Å². The molecule has 26 heavy (non-hydrogen) atoms. The summed E-state index contributed by atoms with van der Waals surface area (Å²) < 4.78 is 3.17. The Labute approximate surface area is 152 Å². The summed E-state index contributed by atoms with van der Waals surface area (Å²) in [7, 11) is 0. The number of carbonyl (C=O) groups is 1. The lowest BCUT2D eigenvalue weighted by atomic mass is 10.2. The van der Waals surface area contributed by atoms with E-state index in [4.69, 9.17) is 0 Å². The first-order chi connectivity index (χ1) is 12.7. The van der Waals surface area contributed by atoms with Crippen LogP contribution in [0.4, 0.5) is 4.79 Å². The van der Waals surface area contributed by atoms with Gasteiger partial charge in [0.15, 0.2) is 0 Å². The summed E-state index contributed by atoms with van der Waals surface area (Å²) in [5.74, 6) is 1.19. The van der Waals surface area contributed by atoms with Crippen LogP contribution in [0.15, 0.2) is 35.1 Å². The van der Waals surface area contributed by atoms with Crippen LogP contribution >= 0.6 is 0 Å². The van der Waals surface area contributed by atoms with Gasteiger partial charge in [0.1, 0.15) is 5.82 Å². The van der Waals surface area contributed by atoms with Gasteiger partial charge in [-0.15, -0.1) is 0 Å². The molecule has 2 aliphatic rings. The zero-order valence-electron chi connectivity index (χ0n) is 14.9. The Morgan fingerprint density at radius 1 is 1.12 bits per heavy atom. The predicted octanol–water partition coefficient (Wildman–Crippen LogP) is 2.15. The van der Waals surface area contributed by atoms with E-state index in [0.717, 1.165) is 37.2 Å². The van der Waals surface area contributed by atoms with E-state index in [9.17, 15) is 9.59 Å². The third kappa shape index (κ3) is 3.66. The summed E-state index contributed by atoms with van der Waals surface area (Å²) in [6, 6.07) is 9.75. The van der Waals surface area contributed by atoms with Gasteiger partial charge in [0.05, 0.1) is 12.2 Å². The highest BCUT2D eigenvalue weighted by Crippen LogP contribution is 2.39. The van der Waals surface area contributed by atoms with Gasteiger partial charge in [-0.3, -0.25) is 0 Å². The first-order valence-electron chi connectivity index (χ1n) is 9.52. The minimum absolute atomic E-state index is 0.142. The van der Waals surface area contributed by atoms with Crippen molar-refractivity contribution in [1.29, 1.82) is 0 Å². The van der Waals surface area contributed by atoms with Gasteiger partial charge in [0.25, 0.3) is 0 Å². The van der Waals surface area contributed by atoms with E-state index < -0.39 is 0 Å². The van der Waals surface area contributed by atoms with Crippen molar-refractivity contribution >= 4 is 6.03 Å². The van der Waals surface area contributed by atoms with Crippen LogP contribution in [0, 0.1) is 0 Å².